The number of carbonyl (C=O) groups is 1. The van der Waals surface area contributed by atoms with Crippen LogP contribution in [0.25, 0.3) is 0 Å². The Hall–Kier alpha value is -2.29. The number of esters is 1. The molecule has 1 atom stereocenters. The number of hydrogen-bond acceptors (Lipinski definition) is 3. The molecule has 20 heavy (non-hydrogen) atoms. The van der Waals surface area contributed by atoms with E-state index >= 15 is 0 Å². The van der Waals surface area contributed by atoms with Crippen LogP contribution in [0.5, 0.6) is 5.75 Å². The van der Waals surface area contributed by atoms with E-state index in [4.69, 9.17) is 4.74 Å². The zero-order valence-corrected chi connectivity index (χ0v) is 11.7. The van der Waals surface area contributed by atoms with Gasteiger partial charge in [0.15, 0.2) is 6.10 Å². The third kappa shape index (κ3) is 3.85. The Kier molecular flexibility index (Phi) is 4.77. The Morgan fingerprint density at radius 1 is 1.00 bits per heavy atom. The molecule has 2 rings (SSSR count). The van der Waals surface area contributed by atoms with Gasteiger partial charge in [-0.05, 0) is 36.6 Å². The van der Waals surface area contributed by atoms with E-state index in [0.717, 1.165) is 6.42 Å². The summed E-state index contributed by atoms with van der Waals surface area (Å²) < 4.78 is 10.1. The summed E-state index contributed by atoms with van der Waals surface area (Å²) in [5, 5.41) is 0. The lowest BCUT2D eigenvalue weighted by molar-refractivity contribution is -0.147. The van der Waals surface area contributed by atoms with Gasteiger partial charge in [-0.25, -0.2) is 4.79 Å². The summed E-state index contributed by atoms with van der Waals surface area (Å²) >= 11 is 0. The Morgan fingerprint density at radius 3 is 2.20 bits per heavy atom. The average Bonchev–Trinajstić information content (AvgIpc) is 2.49. The highest BCUT2D eigenvalue weighted by atomic mass is 16.6. The van der Waals surface area contributed by atoms with Crippen LogP contribution in [0, 0.1) is 0 Å². The van der Waals surface area contributed by atoms with Gasteiger partial charge < -0.3 is 9.47 Å². The molecular formula is C17H18O3. The van der Waals surface area contributed by atoms with E-state index in [2.05, 4.69) is 16.9 Å². The summed E-state index contributed by atoms with van der Waals surface area (Å²) in [5.41, 5.74) is 2.47. The summed E-state index contributed by atoms with van der Waals surface area (Å²) in [6.07, 6.45) is 0.285. The summed E-state index contributed by atoms with van der Waals surface area (Å²) in [4.78, 5) is 11.3. The third-order valence-electron chi connectivity index (χ3n) is 3.02. The molecule has 0 aromatic heterocycles. The predicted molar refractivity (Wildman–Crippen MR) is 77.8 cm³/mol. The maximum atomic E-state index is 11.3. The van der Waals surface area contributed by atoms with Crippen LogP contribution >= 0.6 is 0 Å². The van der Waals surface area contributed by atoms with Crippen LogP contribution in [0.2, 0.25) is 0 Å². The first-order valence-corrected chi connectivity index (χ1v) is 6.56. The molecule has 3 nitrogen and oxygen atoms in total. The molecule has 0 aliphatic heterocycles. The fraction of sp³-hybridized carbons (Fsp3) is 0.235. The summed E-state index contributed by atoms with van der Waals surface area (Å²) in [5.74, 6) is 0.290. The van der Waals surface area contributed by atoms with Gasteiger partial charge in [-0.15, -0.1) is 0 Å². The highest BCUT2D eigenvalue weighted by Crippen LogP contribution is 2.16. The zero-order chi connectivity index (χ0) is 14.4. The SMILES string of the molecule is COC(=O)[C@H](C)Oc1ccc(Cc2ccccc2)cc1. The van der Waals surface area contributed by atoms with E-state index < -0.39 is 6.10 Å². The Balaban J connectivity index is 1.98. The minimum atomic E-state index is -0.597. The average molecular weight is 270 g/mol. The van der Waals surface area contributed by atoms with Crippen LogP contribution in [-0.4, -0.2) is 19.2 Å². The first-order chi connectivity index (χ1) is 9.69. The molecule has 0 unspecified atom stereocenters. The maximum absolute atomic E-state index is 11.3. The van der Waals surface area contributed by atoms with Crippen molar-refractivity contribution in [3.63, 3.8) is 0 Å². The Bertz CT molecular complexity index is 546. The lowest BCUT2D eigenvalue weighted by Gasteiger charge is -2.12. The topological polar surface area (TPSA) is 35.5 Å². The molecule has 0 saturated carbocycles. The largest absolute Gasteiger partial charge is 0.479 e. The fourth-order valence-electron chi connectivity index (χ4n) is 1.94. The van der Waals surface area contributed by atoms with Crippen LogP contribution in [0.1, 0.15) is 18.1 Å². The smallest absolute Gasteiger partial charge is 0.346 e. The quantitative estimate of drug-likeness (QED) is 0.783. The monoisotopic (exact) mass is 270 g/mol. The van der Waals surface area contributed by atoms with E-state index in [-0.39, 0.29) is 5.97 Å². The third-order valence-corrected chi connectivity index (χ3v) is 3.02. The van der Waals surface area contributed by atoms with Crippen molar-refractivity contribution in [1.29, 1.82) is 0 Å². The number of benzene rings is 2. The van der Waals surface area contributed by atoms with Crippen molar-refractivity contribution in [3.05, 3.63) is 65.7 Å². The second kappa shape index (κ2) is 6.75. The van der Waals surface area contributed by atoms with E-state index in [1.165, 1.54) is 18.2 Å². The lowest BCUT2D eigenvalue weighted by Crippen LogP contribution is -2.24. The van der Waals surface area contributed by atoms with Gasteiger partial charge in [0.2, 0.25) is 0 Å². The standard InChI is InChI=1S/C17H18O3/c1-13(17(18)19-2)20-16-10-8-15(9-11-16)12-14-6-4-3-5-7-14/h3-11,13H,12H2,1-2H3/t13-/m0/s1. The predicted octanol–water partition coefficient (Wildman–Crippen LogP) is 3.22. The van der Waals surface area contributed by atoms with Crippen molar-refractivity contribution >= 4 is 5.97 Å². The van der Waals surface area contributed by atoms with Crippen molar-refractivity contribution in [3.8, 4) is 5.75 Å². The van der Waals surface area contributed by atoms with Crippen molar-refractivity contribution < 1.29 is 14.3 Å². The lowest BCUT2D eigenvalue weighted by atomic mass is 10.1. The molecular weight excluding hydrogens is 252 g/mol. The van der Waals surface area contributed by atoms with Gasteiger partial charge >= 0.3 is 5.97 Å². The molecule has 0 N–H and O–H groups in total. The number of rotatable bonds is 5. The fourth-order valence-corrected chi connectivity index (χ4v) is 1.94. The van der Waals surface area contributed by atoms with Gasteiger partial charge in [0.25, 0.3) is 0 Å². The Labute approximate surface area is 119 Å². The summed E-state index contributed by atoms with van der Waals surface area (Å²) in [6.45, 7) is 1.67. The molecule has 0 bridgehead atoms. The van der Waals surface area contributed by atoms with Crippen LogP contribution in [-0.2, 0) is 16.0 Å². The van der Waals surface area contributed by atoms with Gasteiger partial charge in [-0.1, -0.05) is 42.5 Å². The number of methoxy groups -OCH3 is 1. The maximum Gasteiger partial charge on any atom is 0.346 e. The van der Waals surface area contributed by atoms with Gasteiger partial charge in [-0.2, -0.15) is 0 Å². The molecule has 3 heteroatoms. The summed E-state index contributed by atoms with van der Waals surface area (Å²) in [6, 6.07) is 18.0. The van der Waals surface area contributed by atoms with Gasteiger partial charge in [0.1, 0.15) is 5.75 Å². The molecule has 2 aromatic rings. The Morgan fingerprint density at radius 2 is 1.60 bits per heavy atom. The van der Waals surface area contributed by atoms with Crippen LogP contribution in [0.4, 0.5) is 0 Å². The van der Waals surface area contributed by atoms with Crippen molar-refractivity contribution in [1.82, 2.24) is 0 Å². The van der Waals surface area contributed by atoms with Crippen LogP contribution < -0.4 is 4.74 Å². The minimum absolute atomic E-state index is 0.377. The zero-order valence-electron chi connectivity index (χ0n) is 11.7. The molecule has 104 valence electrons. The molecule has 0 aliphatic carbocycles. The second-order valence-electron chi connectivity index (χ2n) is 4.59. The molecule has 0 fully saturated rings. The van der Waals surface area contributed by atoms with Gasteiger partial charge in [0.05, 0.1) is 7.11 Å². The number of carbonyl (C=O) groups excluding carboxylic acids is 1. The van der Waals surface area contributed by atoms with Crippen molar-refractivity contribution in [2.24, 2.45) is 0 Å². The highest BCUT2D eigenvalue weighted by molar-refractivity contribution is 5.74. The molecule has 0 amide bonds. The van der Waals surface area contributed by atoms with E-state index in [0.29, 0.717) is 5.75 Å². The van der Waals surface area contributed by atoms with Crippen LogP contribution in [0.15, 0.2) is 54.6 Å². The molecule has 0 aliphatic rings. The molecule has 0 spiro atoms. The van der Waals surface area contributed by atoms with E-state index in [1.54, 1.807) is 6.92 Å². The molecule has 0 heterocycles. The van der Waals surface area contributed by atoms with Gasteiger partial charge in [-0.3, -0.25) is 0 Å². The van der Waals surface area contributed by atoms with Crippen molar-refractivity contribution in [2.45, 2.75) is 19.4 Å². The van der Waals surface area contributed by atoms with Crippen molar-refractivity contribution in [2.75, 3.05) is 7.11 Å². The number of hydrogen-bond donors (Lipinski definition) is 0. The molecule has 2 aromatic carbocycles. The molecule has 0 radical (unpaired) electrons. The van der Waals surface area contributed by atoms with Gasteiger partial charge in [0, 0.05) is 0 Å². The summed E-state index contributed by atoms with van der Waals surface area (Å²) in [7, 11) is 1.35. The number of ether oxygens (including phenoxy) is 2. The normalized spacial score (nSPS) is 11.7. The first kappa shape index (κ1) is 14.1. The van der Waals surface area contributed by atoms with E-state index in [9.17, 15) is 4.79 Å². The highest BCUT2D eigenvalue weighted by Gasteiger charge is 2.14. The minimum Gasteiger partial charge on any atom is -0.479 e. The second-order valence-corrected chi connectivity index (χ2v) is 4.59. The van der Waals surface area contributed by atoms with E-state index in [1.807, 2.05) is 42.5 Å². The molecule has 0 saturated heterocycles. The first-order valence-electron chi connectivity index (χ1n) is 6.56. The van der Waals surface area contributed by atoms with Crippen LogP contribution in [0.3, 0.4) is 0 Å².